The van der Waals surface area contributed by atoms with Crippen LogP contribution >= 0.6 is 0 Å². The van der Waals surface area contributed by atoms with Gasteiger partial charge in [0.25, 0.3) is 0 Å². The molecule has 3 rings (SSSR count). The number of aliphatic hydroxyl groups excluding tert-OH is 2. The Morgan fingerprint density at radius 3 is 2.58 bits per heavy atom. The number of aliphatic hydroxyl groups is 3. The summed E-state index contributed by atoms with van der Waals surface area (Å²) in [5.74, 6) is 0.690. The third kappa shape index (κ3) is 2.46. The van der Waals surface area contributed by atoms with Gasteiger partial charge in [-0.2, -0.15) is 0 Å². The standard InChI is InChI=1S/C20H32O4/c1-13-5-9-19(3)16(11-15(21)17(22)20(19,4)23)18(13,2)8-6-14-7-10-24-12-14/h7,10,12-13,15-17,21-23H,5-6,8-9,11H2,1-4H3/t13?,15?,16?,17-,18?,19?,20?/m0/s1. The first kappa shape index (κ1) is 18.0. The highest BCUT2D eigenvalue weighted by atomic mass is 16.4. The maximum Gasteiger partial charge on any atom is 0.109 e. The zero-order valence-electron chi connectivity index (χ0n) is 15.3. The Morgan fingerprint density at radius 1 is 1.25 bits per heavy atom. The van der Waals surface area contributed by atoms with E-state index >= 15 is 0 Å². The predicted octanol–water partition coefficient (Wildman–Crippen LogP) is 3.15. The zero-order valence-corrected chi connectivity index (χ0v) is 15.3. The van der Waals surface area contributed by atoms with Crippen LogP contribution in [0.1, 0.15) is 58.9 Å². The van der Waals surface area contributed by atoms with Crippen molar-refractivity contribution >= 4 is 0 Å². The van der Waals surface area contributed by atoms with Gasteiger partial charge in [0.1, 0.15) is 6.10 Å². The van der Waals surface area contributed by atoms with Gasteiger partial charge in [0.2, 0.25) is 0 Å². The van der Waals surface area contributed by atoms with Crippen molar-refractivity contribution in [2.24, 2.45) is 22.7 Å². The minimum atomic E-state index is -1.27. The first-order valence-corrected chi connectivity index (χ1v) is 9.22. The third-order valence-electron chi connectivity index (χ3n) is 7.89. The molecule has 0 spiro atoms. The fraction of sp³-hybridized carbons (Fsp3) is 0.800. The van der Waals surface area contributed by atoms with Crippen LogP contribution in [0.4, 0.5) is 0 Å². The second-order valence-corrected chi connectivity index (χ2v) is 8.94. The summed E-state index contributed by atoms with van der Waals surface area (Å²) in [5.41, 5.74) is -0.454. The molecule has 1 heterocycles. The van der Waals surface area contributed by atoms with Crippen LogP contribution in [0.15, 0.2) is 23.0 Å². The van der Waals surface area contributed by atoms with Gasteiger partial charge in [-0.15, -0.1) is 0 Å². The summed E-state index contributed by atoms with van der Waals surface area (Å²) in [5, 5.41) is 31.9. The summed E-state index contributed by atoms with van der Waals surface area (Å²) in [6, 6.07) is 2.01. The summed E-state index contributed by atoms with van der Waals surface area (Å²) in [6.45, 7) is 8.41. The van der Waals surface area contributed by atoms with Crippen molar-refractivity contribution in [2.45, 2.75) is 77.6 Å². The van der Waals surface area contributed by atoms with Crippen molar-refractivity contribution in [3.05, 3.63) is 24.2 Å². The summed E-state index contributed by atoms with van der Waals surface area (Å²) in [7, 11) is 0. The van der Waals surface area contributed by atoms with Crippen molar-refractivity contribution in [3.63, 3.8) is 0 Å². The number of furan rings is 1. The average molecular weight is 336 g/mol. The molecule has 2 aliphatic rings. The van der Waals surface area contributed by atoms with Crippen molar-refractivity contribution in [1.82, 2.24) is 0 Å². The highest BCUT2D eigenvalue weighted by molar-refractivity contribution is 5.15. The van der Waals surface area contributed by atoms with E-state index in [0.717, 1.165) is 25.7 Å². The second-order valence-electron chi connectivity index (χ2n) is 8.94. The maximum atomic E-state index is 11.1. The lowest BCUT2D eigenvalue weighted by Crippen LogP contribution is -2.68. The molecule has 1 aromatic rings. The first-order chi connectivity index (χ1) is 11.1. The molecule has 4 heteroatoms. The number of hydrogen-bond donors (Lipinski definition) is 3. The van der Waals surface area contributed by atoms with Crippen LogP contribution in [-0.2, 0) is 6.42 Å². The van der Waals surface area contributed by atoms with E-state index < -0.39 is 17.8 Å². The second kappa shape index (κ2) is 5.86. The lowest BCUT2D eigenvalue weighted by atomic mass is 9.43. The van der Waals surface area contributed by atoms with E-state index in [1.54, 1.807) is 19.5 Å². The summed E-state index contributed by atoms with van der Waals surface area (Å²) in [6.07, 6.45) is 5.97. The van der Waals surface area contributed by atoms with Crippen LogP contribution in [0, 0.1) is 22.7 Å². The van der Waals surface area contributed by atoms with Crippen molar-refractivity contribution in [3.8, 4) is 0 Å². The Morgan fingerprint density at radius 2 is 1.96 bits per heavy atom. The van der Waals surface area contributed by atoms with E-state index in [2.05, 4.69) is 20.8 Å². The highest BCUT2D eigenvalue weighted by Crippen LogP contribution is 2.64. The lowest BCUT2D eigenvalue weighted by Gasteiger charge is -2.64. The van der Waals surface area contributed by atoms with Gasteiger partial charge in [0, 0.05) is 5.41 Å². The maximum absolute atomic E-state index is 11.1. The van der Waals surface area contributed by atoms with Gasteiger partial charge in [-0.1, -0.05) is 20.8 Å². The van der Waals surface area contributed by atoms with Crippen LogP contribution in [-0.4, -0.2) is 33.1 Å². The average Bonchev–Trinajstić information content (AvgIpc) is 3.05. The van der Waals surface area contributed by atoms with Crippen molar-refractivity contribution in [1.29, 1.82) is 0 Å². The van der Waals surface area contributed by atoms with E-state index in [4.69, 9.17) is 4.42 Å². The highest BCUT2D eigenvalue weighted by Gasteiger charge is 2.64. The smallest absolute Gasteiger partial charge is 0.109 e. The summed E-state index contributed by atoms with van der Waals surface area (Å²) in [4.78, 5) is 0. The molecule has 0 amide bonds. The molecule has 0 saturated heterocycles. The third-order valence-corrected chi connectivity index (χ3v) is 7.89. The van der Waals surface area contributed by atoms with E-state index in [-0.39, 0.29) is 16.7 Å². The Balaban J connectivity index is 1.93. The van der Waals surface area contributed by atoms with E-state index in [1.165, 1.54) is 5.56 Å². The van der Waals surface area contributed by atoms with Crippen LogP contribution < -0.4 is 0 Å². The van der Waals surface area contributed by atoms with Gasteiger partial charge in [0.05, 0.1) is 24.2 Å². The van der Waals surface area contributed by atoms with Crippen LogP contribution in [0.2, 0.25) is 0 Å². The van der Waals surface area contributed by atoms with Crippen molar-refractivity contribution in [2.75, 3.05) is 0 Å². The fourth-order valence-electron chi connectivity index (χ4n) is 5.58. The Labute approximate surface area is 144 Å². The minimum Gasteiger partial charge on any atom is -0.472 e. The molecule has 6 unspecified atom stereocenters. The molecular formula is C20H32O4. The number of hydrogen-bond acceptors (Lipinski definition) is 4. The largest absolute Gasteiger partial charge is 0.472 e. The molecule has 2 fully saturated rings. The number of rotatable bonds is 3. The molecule has 0 bridgehead atoms. The molecule has 2 aliphatic carbocycles. The molecule has 0 aromatic carbocycles. The van der Waals surface area contributed by atoms with Crippen molar-refractivity contribution < 1.29 is 19.7 Å². The normalized spacial score (nSPS) is 49.0. The molecular weight excluding hydrogens is 304 g/mol. The van der Waals surface area contributed by atoms with Gasteiger partial charge < -0.3 is 19.7 Å². The first-order valence-electron chi connectivity index (χ1n) is 9.22. The molecule has 2 saturated carbocycles. The zero-order chi connectivity index (χ0) is 17.8. The Hall–Kier alpha value is -0.840. The SMILES string of the molecule is CC1CCC2(C)C(CC(O)[C@H](O)C2(C)O)C1(C)CCc1ccoc1. The van der Waals surface area contributed by atoms with Crippen LogP contribution in [0.25, 0.3) is 0 Å². The van der Waals surface area contributed by atoms with E-state index in [0.29, 0.717) is 12.3 Å². The molecule has 3 N–H and O–H groups in total. The van der Waals surface area contributed by atoms with Gasteiger partial charge in [-0.3, -0.25) is 0 Å². The monoisotopic (exact) mass is 336 g/mol. The number of aryl methyl sites for hydroxylation is 1. The number of fused-ring (bicyclic) bond motifs is 1. The topological polar surface area (TPSA) is 73.8 Å². The fourth-order valence-corrected chi connectivity index (χ4v) is 5.58. The lowest BCUT2D eigenvalue weighted by molar-refractivity contribution is -0.263. The molecule has 0 radical (unpaired) electrons. The van der Waals surface area contributed by atoms with Crippen LogP contribution in [0.5, 0.6) is 0 Å². The summed E-state index contributed by atoms with van der Waals surface area (Å²) < 4.78 is 5.19. The predicted molar refractivity (Wildman–Crippen MR) is 92.4 cm³/mol. The van der Waals surface area contributed by atoms with Crippen LogP contribution in [0.3, 0.4) is 0 Å². The molecule has 0 aliphatic heterocycles. The van der Waals surface area contributed by atoms with Gasteiger partial charge in [-0.05, 0) is 67.9 Å². The molecule has 7 atom stereocenters. The van der Waals surface area contributed by atoms with Gasteiger partial charge >= 0.3 is 0 Å². The molecule has 136 valence electrons. The molecule has 24 heavy (non-hydrogen) atoms. The van der Waals surface area contributed by atoms with E-state index in [1.807, 2.05) is 6.07 Å². The van der Waals surface area contributed by atoms with Gasteiger partial charge in [0.15, 0.2) is 0 Å². The molecule has 4 nitrogen and oxygen atoms in total. The quantitative estimate of drug-likeness (QED) is 0.793. The Kier molecular flexibility index (Phi) is 4.38. The Bertz CT molecular complexity index is 566. The minimum absolute atomic E-state index is 0.00931. The van der Waals surface area contributed by atoms with Gasteiger partial charge in [-0.25, -0.2) is 0 Å². The summed E-state index contributed by atoms with van der Waals surface area (Å²) >= 11 is 0. The molecule has 1 aromatic heterocycles. The van der Waals surface area contributed by atoms with E-state index in [9.17, 15) is 15.3 Å².